The van der Waals surface area contributed by atoms with E-state index in [-0.39, 0.29) is 18.5 Å². The van der Waals surface area contributed by atoms with Gasteiger partial charge in [-0.25, -0.2) is 4.79 Å². The van der Waals surface area contributed by atoms with E-state index in [0.29, 0.717) is 22.9 Å². The van der Waals surface area contributed by atoms with Crippen molar-refractivity contribution in [1.29, 1.82) is 0 Å². The second-order valence-corrected chi connectivity index (χ2v) is 7.85. The number of aromatic nitrogens is 1. The SMILES string of the molecule is Cc1ccccc1[C@@H]1[C@H]2CNC[C@H]2CN1C(=O)Cn1c(=O)oc2ccccc21. The van der Waals surface area contributed by atoms with Gasteiger partial charge in [-0.2, -0.15) is 0 Å². The smallest absolute Gasteiger partial charge is 0.408 e. The summed E-state index contributed by atoms with van der Waals surface area (Å²) in [5.41, 5.74) is 3.58. The lowest BCUT2D eigenvalue weighted by Crippen LogP contribution is -2.38. The second-order valence-electron chi connectivity index (χ2n) is 7.85. The molecule has 2 aliphatic heterocycles. The highest BCUT2D eigenvalue weighted by molar-refractivity contribution is 5.80. The Balaban J connectivity index is 1.50. The van der Waals surface area contributed by atoms with E-state index in [1.807, 2.05) is 35.2 Å². The molecule has 6 nitrogen and oxygen atoms in total. The number of benzene rings is 2. The van der Waals surface area contributed by atoms with Gasteiger partial charge in [-0.05, 0) is 36.1 Å². The van der Waals surface area contributed by atoms with Crippen LogP contribution in [0, 0.1) is 18.8 Å². The molecule has 0 aliphatic carbocycles. The summed E-state index contributed by atoms with van der Waals surface area (Å²) in [6.45, 7) is 4.68. The highest BCUT2D eigenvalue weighted by atomic mass is 16.4. The number of fused-ring (bicyclic) bond motifs is 2. The molecule has 28 heavy (non-hydrogen) atoms. The minimum atomic E-state index is -0.483. The van der Waals surface area contributed by atoms with Crippen molar-refractivity contribution in [2.24, 2.45) is 11.8 Å². The summed E-state index contributed by atoms with van der Waals surface area (Å²) in [6, 6.07) is 15.6. The van der Waals surface area contributed by atoms with Gasteiger partial charge in [-0.15, -0.1) is 0 Å². The van der Waals surface area contributed by atoms with Crippen molar-refractivity contribution >= 4 is 17.0 Å². The monoisotopic (exact) mass is 377 g/mol. The van der Waals surface area contributed by atoms with Gasteiger partial charge in [0.2, 0.25) is 5.91 Å². The van der Waals surface area contributed by atoms with Crippen LogP contribution in [0.1, 0.15) is 17.2 Å². The van der Waals surface area contributed by atoms with Crippen LogP contribution in [0.4, 0.5) is 0 Å². The van der Waals surface area contributed by atoms with E-state index in [1.165, 1.54) is 15.7 Å². The predicted molar refractivity (Wildman–Crippen MR) is 106 cm³/mol. The molecule has 0 bridgehead atoms. The van der Waals surface area contributed by atoms with Gasteiger partial charge in [0.05, 0.1) is 11.6 Å². The topological polar surface area (TPSA) is 67.5 Å². The summed E-state index contributed by atoms with van der Waals surface area (Å²) in [7, 11) is 0. The standard InChI is InChI=1S/C22H23N3O3/c1-14-6-2-3-7-16(14)21-17-11-23-10-15(17)12-25(21)20(26)13-24-18-8-4-5-9-19(18)28-22(24)27/h2-9,15,17,21,23H,10-13H2,1H3/t15-,17-,21+/m0/s1. The van der Waals surface area contributed by atoms with Crippen molar-refractivity contribution in [3.63, 3.8) is 0 Å². The molecule has 2 aromatic carbocycles. The summed E-state index contributed by atoms with van der Waals surface area (Å²) in [5.74, 6) is 0.341. The molecule has 3 atom stereocenters. The van der Waals surface area contributed by atoms with Crippen molar-refractivity contribution < 1.29 is 9.21 Å². The largest absolute Gasteiger partial charge is 0.420 e. The van der Waals surface area contributed by atoms with E-state index in [9.17, 15) is 9.59 Å². The zero-order valence-electron chi connectivity index (χ0n) is 15.8. The average molecular weight is 377 g/mol. The molecule has 5 rings (SSSR count). The third-order valence-corrected chi connectivity index (χ3v) is 6.26. The third kappa shape index (κ3) is 2.67. The van der Waals surface area contributed by atoms with Gasteiger partial charge >= 0.3 is 5.76 Å². The van der Waals surface area contributed by atoms with Gasteiger partial charge in [-0.3, -0.25) is 9.36 Å². The van der Waals surface area contributed by atoms with Gasteiger partial charge in [0.1, 0.15) is 6.54 Å². The Morgan fingerprint density at radius 3 is 2.79 bits per heavy atom. The number of likely N-dealkylation sites (tertiary alicyclic amines) is 1. The van der Waals surface area contributed by atoms with E-state index in [4.69, 9.17) is 4.42 Å². The lowest BCUT2D eigenvalue weighted by Gasteiger charge is -2.29. The number of rotatable bonds is 3. The maximum absolute atomic E-state index is 13.3. The summed E-state index contributed by atoms with van der Waals surface area (Å²) in [4.78, 5) is 27.6. The van der Waals surface area contributed by atoms with E-state index in [0.717, 1.165) is 19.6 Å². The molecule has 1 amide bonds. The maximum atomic E-state index is 13.3. The number of aryl methyl sites for hydroxylation is 1. The highest BCUT2D eigenvalue weighted by Gasteiger charge is 2.47. The normalized spacial score (nSPS) is 24.0. The summed E-state index contributed by atoms with van der Waals surface area (Å²) in [6.07, 6.45) is 0. The Morgan fingerprint density at radius 2 is 1.93 bits per heavy atom. The minimum Gasteiger partial charge on any atom is -0.408 e. The number of nitrogens with one attached hydrogen (secondary N) is 1. The molecule has 3 heterocycles. The number of para-hydroxylation sites is 2. The zero-order valence-corrected chi connectivity index (χ0v) is 15.8. The Kier molecular flexibility index (Phi) is 4.09. The molecule has 3 aromatic rings. The van der Waals surface area contributed by atoms with Crippen molar-refractivity contribution in [2.45, 2.75) is 19.5 Å². The number of oxazole rings is 1. The van der Waals surface area contributed by atoms with Gasteiger partial charge < -0.3 is 14.6 Å². The van der Waals surface area contributed by atoms with Crippen molar-refractivity contribution in [2.75, 3.05) is 19.6 Å². The van der Waals surface area contributed by atoms with Crippen LogP contribution in [-0.4, -0.2) is 35.0 Å². The summed E-state index contributed by atoms with van der Waals surface area (Å²) >= 11 is 0. The molecule has 0 spiro atoms. The molecule has 0 unspecified atom stereocenters. The minimum absolute atomic E-state index is 0.00506. The summed E-state index contributed by atoms with van der Waals surface area (Å²) < 4.78 is 6.74. The first-order valence-corrected chi connectivity index (χ1v) is 9.77. The van der Waals surface area contributed by atoms with Crippen LogP contribution in [0.25, 0.3) is 11.1 Å². The van der Waals surface area contributed by atoms with Gasteiger partial charge in [0, 0.05) is 25.6 Å². The van der Waals surface area contributed by atoms with Crippen molar-refractivity contribution in [3.8, 4) is 0 Å². The quantitative estimate of drug-likeness (QED) is 0.761. The zero-order chi connectivity index (χ0) is 19.3. The van der Waals surface area contributed by atoms with Crippen molar-refractivity contribution in [3.05, 3.63) is 70.2 Å². The van der Waals surface area contributed by atoms with Crippen LogP contribution in [0.15, 0.2) is 57.7 Å². The predicted octanol–water partition coefficient (Wildman–Crippen LogP) is 2.32. The number of hydrogen-bond acceptors (Lipinski definition) is 4. The lowest BCUT2D eigenvalue weighted by molar-refractivity contribution is -0.133. The van der Waals surface area contributed by atoms with Gasteiger partial charge in [0.15, 0.2) is 5.58 Å². The second kappa shape index (κ2) is 6.63. The first kappa shape index (κ1) is 17.3. The van der Waals surface area contributed by atoms with E-state index < -0.39 is 5.76 Å². The fourth-order valence-corrected chi connectivity index (χ4v) is 4.88. The van der Waals surface area contributed by atoms with Crippen LogP contribution in [-0.2, 0) is 11.3 Å². The maximum Gasteiger partial charge on any atom is 0.420 e. The third-order valence-electron chi connectivity index (χ3n) is 6.26. The number of amides is 1. The first-order valence-electron chi connectivity index (χ1n) is 9.77. The molecule has 2 fully saturated rings. The number of carbonyl (C=O) groups excluding carboxylic acids is 1. The molecule has 1 N–H and O–H groups in total. The van der Waals surface area contributed by atoms with E-state index in [1.54, 1.807) is 6.07 Å². The van der Waals surface area contributed by atoms with Crippen LogP contribution < -0.4 is 11.1 Å². The van der Waals surface area contributed by atoms with E-state index >= 15 is 0 Å². The van der Waals surface area contributed by atoms with Crippen LogP contribution in [0.3, 0.4) is 0 Å². The fourth-order valence-electron chi connectivity index (χ4n) is 4.88. The molecular weight excluding hydrogens is 354 g/mol. The molecule has 6 heteroatoms. The van der Waals surface area contributed by atoms with Gasteiger partial charge in [-0.1, -0.05) is 36.4 Å². The van der Waals surface area contributed by atoms with E-state index in [2.05, 4.69) is 24.4 Å². The first-order chi connectivity index (χ1) is 13.6. The molecular formula is C22H23N3O3. The molecule has 2 aliphatic rings. The highest BCUT2D eigenvalue weighted by Crippen LogP contribution is 2.43. The average Bonchev–Trinajstić information content (AvgIpc) is 3.36. The number of carbonyl (C=O) groups is 1. The number of nitrogens with zero attached hydrogens (tertiary/aromatic N) is 2. The molecule has 2 saturated heterocycles. The Bertz CT molecular complexity index is 1100. The fraction of sp³-hybridized carbons (Fsp3) is 0.364. The Labute approximate surface area is 162 Å². The van der Waals surface area contributed by atoms with Crippen LogP contribution in [0.2, 0.25) is 0 Å². The molecule has 0 radical (unpaired) electrons. The molecule has 1 aromatic heterocycles. The van der Waals surface area contributed by atoms with Crippen LogP contribution >= 0.6 is 0 Å². The Morgan fingerprint density at radius 1 is 1.14 bits per heavy atom. The van der Waals surface area contributed by atoms with Crippen LogP contribution in [0.5, 0.6) is 0 Å². The van der Waals surface area contributed by atoms with Crippen molar-refractivity contribution in [1.82, 2.24) is 14.8 Å². The Hall–Kier alpha value is -2.86. The lowest BCUT2D eigenvalue weighted by atomic mass is 9.87. The summed E-state index contributed by atoms with van der Waals surface area (Å²) in [5, 5.41) is 3.47. The number of hydrogen-bond donors (Lipinski definition) is 1. The molecule has 144 valence electrons. The molecule has 0 saturated carbocycles. The van der Waals surface area contributed by atoms with Gasteiger partial charge in [0.25, 0.3) is 0 Å².